The van der Waals surface area contributed by atoms with E-state index in [0.29, 0.717) is 6.42 Å². The number of carbonyl (C=O) groups excluding carboxylic acids is 2. The van der Waals surface area contributed by atoms with E-state index in [1.165, 1.54) is 6.08 Å². The van der Waals surface area contributed by atoms with Crippen LogP contribution >= 0.6 is 0 Å². The first-order chi connectivity index (χ1) is 12.9. The van der Waals surface area contributed by atoms with Crippen LogP contribution in [0.2, 0.25) is 0 Å². The van der Waals surface area contributed by atoms with Crippen LogP contribution in [0, 0.1) is 0 Å². The third-order valence-corrected chi connectivity index (χ3v) is 3.93. The summed E-state index contributed by atoms with van der Waals surface area (Å²) in [5.41, 5.74) is 0.934. The normalized spacial score (nSPS) is 11.9. The highest BCUT2D eigenvalue weighted by atomic mass is 16.6. The number of carbonyl (C=O) groups is 2. The third kappa shape index (κ3) is 6.98. The van der Waals surface area contributed by atoms with Gasteiger partial charge in [0.05, 0.1) is 0 Å². The molecule has 0 fully saturated rings. The fourth-order valence-corrected chi connectivity index (χ4v) is 2.32. The molecule has 2 aromatic rings. The zero-order valence-electron chi connectivity index (χ0n) is 15.7. The Bertz CT molecular complexity index is 756. The van der Waals surface area contributed by atoms with Gasteiger partial charge in [-0.3, -0.25) is 0 Å². The highest BCUT2D eigenvalue weighted by molar-refractivity contribution is 5.82. The van der Waals surface area contributed by atoms with Crippen LogP contribution in [0.1, 0.15) is 25.0 Å². The average molecular weight is 367 g/mol. The van der Waals surface area contributed by atoms with Gasteiger partial charge in [0.2, 0.25) is 0 Å². The van der Waals surface area contributed by atoms with Gasteiger partial charge >= 0.3 is 12.1 Å². The third-order valence-electron chi connectivity index (χ3n) is 3.93. The minimum atomic E-state index is -0.866. The first-order valence-electron chi connectivity index (χ1n) is 8.77. The van der Waals surface area contributed by atoms with Crippen LogP contribution in [-0.4, -0.2) is 23.7 Å². The minimum Gasteiger partial charge on any atom is -0.454 e. The van der Waals surface area contributed by atoms with Crippen LogP contribution in [0.3, 0.4) is 0 Å². The number of hydrogen-bond acceptors (Lipinski definition) is 4. The molecule has 0 aromatic heterocycles. The zero-order chi connectivity index (χ0) is 19.7. The van der Waals surface area contributed by atoms with Crippen molar-refractivity contribution in [3.8, 4) is 0 Å². The zero-order valence-corrected chi connectivity index (χ0v) is 15.7. The summed E-state index contributed by atoms with van der Waals surface area (Å²) in [4.78, 5) is 24.8. The Morgan fingerprint density at radius 3 is 2.15 bits per heavy atom. The van der Waals surface area contributed by atoms with Crippen LogP contribution < -0.4 is 5.32 Å². The highest BCUT2D eigenvalue weighted by Crippen LogP contribution is 2.14. The van der Waals surface area contributed by atoms with E-state index >= 15 is 0 Å². The molecule has 0 unspecified atom stereocenters. The molecule has 2 aromatic carbocycles. The first-order valence-corrected chi connectivity index (χ1v) is 8.77. The molecule has 0 spiro atoms. The molecule has 0 aliphatic carbocycles. The van der Waals surface area contributed by atoms with Crippen molar-refractivity contribution in [1.82, 2.24) is 5.32 Å². The van der Waals surface area contributed by atoms with Crippen molar-refractivity contribution in [3.05, 3.63) is 84.4 Å². The predicted molar refractivity (Wildman–Crippen MR) is 104 cm³/mol. The Morgan fingerprint density at radius 2 is 1.59 bits per heavy atom. The van der Waals surface area contributed by atoms with Crippen molar-refractivity contribution in [2.75, 3.05) is 0 Å². The van der Waals surface area contributed by atoms with Crippen LogP contribution in [0.15, 0.2) is 73.3 Å². The fraction of sp³-hybridized carbons (Fsp3) is 0.273. The molecule has 0 heterocycles. The van der Waals surface area contributed by atoms with Crippen LogP contribution in [0.4, 0.5) is 4.79 Å². The number of esters is 1. The van der Waals surface area contributed by atoms with Crippen LogP contribution in [0.25, 0.3) is 0 Å². The van der Waals surface area contributed by atoms with Gasteiger partial charge in [-0.2, -0.15) is 0 Å². The van der Waals surface area contributed by atoms with Crippen molar-refractivity contribution in [2.45, 2.75) is 38.5 Å². The quantitative estimate of drug-likeness (QED) is 0.565. The fourth-order valence-electron chi connectivity index (χ4n) is 2.32. The van der Waals surface area contributed by atoms with Crippen molar-refractivity contribution >= 4 is 12.1 Å². The van der Waals surface area contributed by atoms with Gasteiger partial charge in [0.1, 0.15) is 18.2 Å². The number of alkyl carbamates (subject to hydrolysis) is 1. The number of hydrogen-bond donors (Lipinski definition) is 1. The minimum absolute atomic E-state index is 0.123. The van der Waals surface area contributed by atoms with E-state index < -0.39 is 23.7 Å². The molecule has 0 saturated carbocycles. The molecule has 5 nitrogen and oxygen atoms in total. The SMILES string of the molecule is C=CC(C)(C)OC(=O)[C@H](Cc1ccccc1)NC(=O)OCc1ccccc1. The van der Waals surface area contributed by atoms with Gasteiger partial charge in [0.25, 0.3) is 0 Å². The summed E-state index contributed by atoms with van der Waals surface area (Å²) in [7, 11) is 0. The summed E-state index contributed by atoms with van der Waals surface area (Å²) in [5, 5.41) is 2.61. The lowest BCUT2D eigenvalue weighted by Crippen LogP contribution is -2.45. The second-order valence-corrected chi connectivity index (χ2v) is 6.68. The topological polar surface area (TPSA) is 64.6 Å². The highest BCUT2D eigenvalue weighted by Gasteiger charge is 2.28. The molecule has 1 amide bonds. The van der Waals surface area contributed by atoms with E-state index in [4.69, 9.17) is 9.47 Å². The summed E-state index contributed by atoms with van der Waals surface area (Å²) < 4.78 is 10.7. The maximum Gasteiger partial charge on any atom is 0.408 e. The standard InChI is InChI=1S/C22H25NO4/c1-4-22(2,3)27-20(24)19(15-17-11-7-5-8-12-17)23-21(25)26-16-18-13-9-6-10-14-18/h4-14,19H,1,15-16H2,2-3H3,(H,23,25)/t19-/m0/s1. The lowest BCUT2D eigenvalue weighted by molar-refractivity contribution is -0.155. The monoisotopic (exact) mass is 367 g/mol. The lowest BCUT2D eigenvalue weighted by atomic mass is 10.1. The van der Waals surface area contributed by atoms with E-state index in [1.807, 2.05) is 60.7 Å². The number of benzene rings is 2. The molecule has 0 aliphatic heterocycles. The van der Waals surface area contributed by atoms with Gasteiger partial charge in [0, 0.05) is 6.42 Å². The summed E-state index contributed by atoms with van der Waals surface area (Å²) in [6.45, 7) is 7.24. The van der Waals surface area contributed by atoms with Gasteiger partial charge in [-0.05, 0) is 31.1 Å². The molecule has 1 atom stereocenters. The number of rotatable bonds is 8. The molecule has 5 heteroatoms. The van der Waals surface area contributed by atoms with Gasteiger partial charge in [0.15, 0.2) is 0 Å². The van der Waals surface area contributed by atoms with E-state index in [2.05, 4.69) is 11.9 Å². The number of amides is 1. The molecule has 0 bridgehead atoms. The molecule has 142 valence electrons. The van der Waals surface area contributed by atoms with Crippen molar-refractivity contribution in [2.24, 2.45) is 0 Å². The van der Waals surface area contributed by atoms with Crippen LogP contribution in [0.5, 0.6) is 0 Å². The van der Waals surface area contributed by atoms with E-state index in [0.717, 1.165) is 11.1 Å². The molecule has 0 radical (unpaired) electrons. The van der Waals surface area contributed by atoms with Gasteiger partial charge < -0.3 is 14.8 Å². The van der Waals surface area contributed by atoms with Crippen molar-refractivity contribution in [1.29, 1.82) is 0 Å². The Kier molecular flexibility index (Phi) is 7.17. The van der Waals surface area contributed by atoms with Crippen molar-refractivity contribution in [3.63, 3.8) is 0 Å². The first kappa shape index (κ1) is 20.2. The molecule has 2 rings (SSSR count). The maximum absolute atomic E-state index is 12.6. The molecular formula is C22H25NO4. The molecule has 1 N–H and O–H groups in total. The van der Waals surface area contributed by atoms with Crippen LogP contribution in [-0.2, 0) is 27.3 Å². The van der Waals surface area contributed by atoms with Gasteiger partial charge in [-0.1, -0.05) is 67.2 Å². The Labute approximate surface area is 160 Å². The second-order valence-electron chi connectivity index (χ2n) is 6.68. The van der Waals surface area contributed by atoms with Gasteiger partial charge in [-0.25, -0.2) is 9.59 Å². The lowest BCUT2D eigenvalue weighted by Gasteiger charge is -2.25. The largest absolute Gasteiger partial charge is 0.454 e. The maximum atomic E-state index is 12.6. The molecule has 0 aliphatic rings. The average Bonchev–Trinajstić information content (AvgIpc) is 2.67. The second kappa shape index (κ2) is 9.57. The summed E-state index contributed by atoms with van der Waals surface area (Å²) >= 11 is 0. The molecule has 0 saturated heterocycles. The summed E-state index contributed by atoms with van der Waals surface area (Å²) in [6, 6.07) is 17.9. The predicted octanol–water partition coefficient (Wildman–Crippen LogP) is 4.03. The van der Waals surface area contributed by atoms with E-state index in [9.17, 15) is 9.59 Å². The number of nitrogens with one attached hydrogen (secondary N) is 1. The Balaban J connectivity index is 2.03. The molecule has 27 heavy (non-hydrogen) atoms. The van der Waals surface area contributed by atoms with E-state index in [-0.39, 0.29) is 6.61 Å². The van der Waals surface area contributed by atoms with Crippen molar-refractivity contribution < 1.29 is 19.1 Å². The van der Waals surface area contributed by atoms with E-state index in [1.54, 1.807) is 13.8 Å². The summed E-state index contributed by atoms with van der Waals surface area (Å²) in [5.74, 6) is -0.541. The summed E-state index contributed by atoms with van der Waals surface area (Å²) in [6.07, 6.45) is 1.17. The molecular weight excluding hydrogens is 342 g/mol. The smallest absolute Gasteiger partial charge is 0.408 e. The van der Waals surface area contributed by atoms with Gasteiger partial charge in [-0.15, -0.1) is 0 Å². The number of ether oxygens (including phenoxy) is 2. The Morgan fingerprint density at radius 1 is 1.04 bits per heavy atom. The Hall–Kier alpha value is -3.08.